The van der Waals surface area contributed by atoms with E-state index in [0.717, 1.165) is 0 Å². The van der Waals surface area contributed by atoms with Crippen molar-refractivity contribution in [2.24, 2.45) is 5.84 Å². The third kappa shape index (κ3) is 3.43. The second-order valence-corrected chi connectivity index (χ2v) is 3.72. The molecule has 0 saturated heterocycles. The maximum Gasteiger partial charge on any atom is 0.259 e. The first-order valence-electron chi connectivity index (χ1n) is 5.05. The standard InChI is InChI=1S/C11H16F2N2O/c1-7(2)16-9-5-3-4-8(6-9)10(15-14)11(12)13/h3-7,10-11,15H,14H2,1-2H3. The Bertz CT molecular complexity index is 332. The zero-order valence-corrected chi connectivity index (χ0v) is 9.28. The molecule has 0 aromatic heterocycles. The van der Waals surface area contributed by atoms with Crippen LogP contribution in [0.25, 0.3) is 0 Å². The summed E-state index contributed by atoms with van der Waals surface area (Å²) in [4.78, 5) is 0. The molecule has 0 spiro atoms. The van der Waals surface area contributed by atoms with Gasteiger partial charge in [-0.05, 0) is 31.5 Å². The Balaban J connectivity index is 2.88. The molecule has 0 aliphatic rings. The summed E-state index contributed by atoms with van der Waals surface area (Å²) in [7, 11) is 0. The number of nitrogens with two attached hydrogens (primary N) is 1. The Hall–Kier alpha value is -1.20. The Kier molecular flexibility index (Phi) is 4.64. The minimum absolute atomic E-state index is 0.00563. The molecule has 0 fully saturated rings. The Morgan fingerprint density at radius 1 is 1.31 bits per heavy atom. The first-order chi connectivity index (χ1) is 7.54. The minimum atomic E-state index is -2.56. The Labute approximate surface area is 93.6 Å². The fourth-order valence-corrected chi connectivity index (χ4v) is 1.37. The predicted octanol–water partition coefficient (Wildman–Crippen LogP) is 2.24. The summed E-state index contributed by atoms with van der Waals surface area (Å²) in [5.74, 6) is 5.65. The number of hydrogen-bond donors (Lipinski definition) is 2. The van der Waals surface area contributed by atoms with E-state index in [0.29, 0.717) is 11.3 Å². The minimum Gasteiger partial charge on any atom is -0.491 e. The number of rotatable bonds is 5. The molecule has 0 saturated carbocycles. The number of hydrazine groups is 1. The number of halogens is 2. The van der Waals surface area contributed by atoms with Crippen LogP contribution in [0.2, 0.25) is 0 Å². The SMILES string of the molecule is CC(C)Oc1cccc(C(NN)C(F)F)c1. The average Bonchev–Trinajstić information content (AvgIpc) is 2.17. The molecule has 16 heavy (non-hydrogen) atoms. The molecular formula is C11H16F2N2O. The fraction of sp³-hybridized carbons (Fsp3) is 0.455. The third-order valence-corrected chi connectivity index (χ3v) is 2.02. The van der Waals surface area contributed by atoms with Gasteiger partial charge >= 0.3 is 0 Å². The topological polar surface area (TPSA) is 47.3 Å². The number of hydrogen-bond acceptors (Lipinski definition) is 3. The van der Waals surface area contributed by atoms with Crippen LogP contribution in [0.1, 0.15) is 25.5 Å². The van der Waals surface area contributed by atoms with E-state index < -0.39 is 12.5 Å². The van der Waals surface area contributed by atoms with Crippen molar-refractivity contribution in [3.05, 3.63) is 29.8 Å². The molecule has 5 heteroatoms. The molecule has 0 aliphatic heterocycles. The van der Waals surface area contributed by atoms with Crippen LogP contribution in [0.5, 0.6) is 5.75 Å². The van der Waals surface area contributed by atoms with Gasteiger partial charge in [-0.1, -0.05) is 12.1 Å². The van der Waals surface area contributed by atoms with Crippen molar-refractivity contribution < 1.29 is 13.5 Å². The number of benzene rings is 1. The van der Waals surface area contributed by atoms with Crippen LogP contribution in [0.15, 0.2) is 24.3 Å². The molecular weight excluding hydrogens is 214 g/mol. The Morgan fingerprint density at radius 3 is 2.50 bits per heavy atom. The highest BCUT2D eigenvalue weighted by atomic mass is 19.3. The first-order valence-corrected chi connectivity index (χ1v) is 5.05. The van der Waals surface area contributed by atoms with Crippen molar-refractivity contribution in [2.75, 3.05) is 0 Å². The van der Waals surface area contributed by atoms with Gasteiger partial charge in [-0.25, -0.2) is 14.2 Å². The first kappa shape index (κ1) is 12.9. The van der Waals surface area contributed by atoms with Gasteiger partial charge in [0, 0.05) is 0 Å². The quantitative estimate of drug-likeness (QED) is 0.602. The lowest BCUT2D eigenvalue weighted by Gasteiger charge is -2.17. The molecule has 3 N–H and O–H groups in total. The van der Waals surface area contributed by atoms with E-state index in [4.69, 9.17) is 10.6 Å². The zero-order chi connectivity index (χ0) is 12.1. The van der Waals surface area contributed by atoms with Gasteiger partial charge in [0.05, 0.1) is 6.10 Å². The van der Waals surface area contributed by atoms with E-state index in [2.05, 4.69) is 5.43 Å². The molecule has 1 atom stereocenters. The number of ether oxygens (including phenoxy) is 1. The second kappa shape index (κ2) is 5.77. The van der Waals surface area contributed by atoms with Crippen LogP contribution in [0, 0.1) is 0 Å². The second-order valence-electron chi connectivity index (χ2n) is 3.72. The highest BCUT2D eigenvalue weighted by molar-refractivity contribution is 5.31. The molecule has 0 amide bonds. The molecule has 0 radical (unpaired) electrons. The van der Waals surface area contributed by atoms with Gasteiger partial charge in [0.25, 0.3) is 6.43 Å². The van der Waals surface area contributed by atoms with Crippen molar-refractivity contribution >= 4 is 0 Å². The van der Waals surface area contributed by atoms with Crippen LogP contribution in [-0.2, 0) is 0 Å². The molecule has 1 unspecified atom stereocenters. The third-order valence-electron chi connectivity index (χ3n) is 2.02. The summed E-state index contributed by atoms with van der Waals surface area (Å²) in [6.45, 7) is 3.75. The van der Waals surface area contributed by atoms with Gasteiger partial charge in [-0.2, -0.15) is 0 Å². The molecule has 0 aliphatic carbocycles. The molecule has 1 aromatic carbocycles. The highest BCUT2D eigenvalue weighted by Gasteiger charge is 2.21. The van der Waals surface area contributed by atoms with E-state index >= 15 is 0 Å². The van der Waals surface area contributed by atoms with Gasteiger partial charge < -0.3 is 4.74 Å². The maximum absolute atomic E-state index is 12.6. The monoisotopic (exact) mass is 230 g/mol. The average molecular weight is 230 g/mol. The van der Waals surface area contributed by atoms with E-state index in [1.54, 1.807) is 24.3 Å². The highest BCUT2D eigenvalue weighted by Crippen LogP contribution is 2.24. The summed E-state index contributed by atoms with van der Waals surface area (Å²) in [6, 6.07) is 5.37. The van der Waals surface area contributed by atoms with Crippen molar-refractivity contribution in [3.63, 3.8) is 0 Å². The van der Waals surface area contributed by atoms with E-state index in [9.17, 15) is 8.78 Å². The van der Waals surface area contributed by atoms with Crippen molar-refractivity contribution in [1.82, 2.24) is 5.43 Å². The lowest BCUT2D eigenvalue weighted by molar-refractivity contribution is 0.0985. The molecule has 0 bridgehead atoms. The van der Waals surface area contributed by atoms with Gasteiger partial charge in [0.2, 0.25) is 0 Å². The van der Waals surface area contributed by atoms with Gasteiger partial charge in [-0.15, -0.1) is 0 Å². The number of alkyl halides is 2. The molecule has 90 valence electrons. The zero-order valence-electron chi connectivity index (χ0n) is 9.28. The van der Waals surface area contributed by atoms with Gasteiger partial charge in [-0.3, -0.25) is 5.84 Å². The van der Waals surface area contributed by atoms with Crippen molar-refractivity contribution in [2.45, 2.75) is 32.4 Å². The van der Waals surface area contributed by atoms with Crippen molar-refractivity contribution in [1.29, 1.82) is 0 Å². The van der Waals surface area contributed by atoms with Crippen LogP contribution in [-0.4, -0.2) is 12.5 Å². The predicted molar refractivity (Wildman–Crippen MR) is 58.3 cm³/mol. The number of nitrogens with one attached hydrogen (secondary N) is 1. The summed E-state index contributed by atoms with van der Waals surface area (Å²) in [5.41, 5.74) is 2.51. The fourth-order valence-electron chi connectivity index (χ4n) is 1.37. The van der Waals surface area contributed by atoms with Gasteiger partial charge in [0.1, 0.15) is 11.8 Å². The largest absolute Gasteiger partial charge is 0.491 e. The van der Waals surface area contributed by atoms with Crippen LogP contribution >= 0.6 is 0 Å². The van der Waals surface area contributed by atoms with Crippen LogP contribution < -0.4 is 16.0 Å². The normalized spacial score (nSPS) is 13.2. The summed E-state index contributed by atoms with van der Waals surface area (Å²) in [5, 5.41) is 0. The van der Waals surface area contributed by atoms with E-state index in [1.165, 1.54) is 0 Å². The van der Waals surface area contributed by atoms with E-state index in [1.807, 2.05) is 13.8 Å². The van der Waals surface area contributed by atoms with E-state index in [-0.39, 0.29) is 6.10 Å². The smallest absolute Gasteiger partial charge is 0.259 e. The lowest BCUT2D eigenvalue weighted by atomic mass is 10.1. The summed E-state index contributed by atoms with van der Waals surface area (Å²) in [6.07, 6.45) is -2.55. The summed E-state index contributed by atoms with van der Waals surface area (Å²) >= 11 is 0. The lowest BCUT2D eigenvalue weighted by Crippen LogP contribution is -2.32. The molecule has 1 rings (SSSR count). The Morgan fingerprint density at radius 2 is 2.00 bits per heavy atom. The molecule has 0 heterocycles. The van der Waals surface area contributed by atoms with Gasteiger partial charge in [0.15, 0.2) is 0 Å². The van der Waals surface area contributed by atoms with Crippen LogP contribution in [0.3, 0.4) is 0 Å². The summed E-state index contributed by atoms with van der Waals surface area (Å²) < 4.78 is 30.6. The molecule has 3 nitrogen and oxygen atoms in total. The van der Waals surface area contributed by atoms with Crippen molar-refractivity contribution in [3.8, 4) is 5.75 Å². The van der Waals surface area contributed by atoms with Crippen LogP contribution in [0.4, 0.5) is 8.78 Å². The molecule has 1 aromatic rings. The maximum atomic E-state index is 12.6.